The van der Waals surface area contributed by atoms with Crippen molar-refractivity contribution in [2.24, 2.45) is 22.9 Å². The summed E-state index contributed by atoms with van der Waals surface area (Å²) in [7, 11) is 1.56. The van der Waals surface area contributed by atoms with Gasteiger partial charge in [-0.15, -0.1) is 6.58 Å². The number of oxime groups is 1. The molecule has 6 unspecified atom stereocenters. The summed E-state index contributed by atoms with van der Waals surface area (Å²) in [6, 6.07) is 5.35. The minimum absolute atomic E-state index is 0.00243. The van der Waals surface area contributed by atoms with Gasteiger partial charge in [-0.05, 0) is 67.7 Å². The molecule has 6 atom stereocenters. The second kappa shape index (κ2) is 26.1. The fraction of sp³-hybridized carbons (Fsp3) is 0.702. The number of unbranched alkanes of at least 4 members (excludes halogenated alkanes) is 10. The van der Waals surface area contributed by atoms with Gasteiger partial charge in [0.25, 0.3) is 0 Å². The first-order chi connectivity index (χ1) is 28.4. The van der Waals surface area contributed by atoms with Crippen LogP contribution >= 0.6 is 0 Å². The predicted molar refractivity (Wildman–Crippen MR) is 229 cm³/mol. The minimum Gasteiger partial charge on any atom is -0.490 e. The zero-order valence-corrected chi connectivity index (χ0v) is 35.6. The van der Waals surface area contributed by atoms with Crippen molar-refractivity contribution in [1.29, 1.82) is 0 Å². The van der Waals surface area contributed by atoms with Crippen LogP contribution in [-0.4, -0.2) is 104 Å². The van der Waals surface area contributed by atoms with Crippen LogP contribution < -0.4 is 9.47 Å². The first-order valence-electron chi connectivity index (χ1n) is 22.3. The Hall–Kier alpha value is -3.22. The molecule has 1 saturated carbocycles. The SMILES string of the molecule is C=CCOc1ccc2c(c1)C1C(CCCCO)C(CCCCO)C=C3C(=NOC)CC(N(CCOCCO)C(=O)CCCCCCCCCCC)C(OCC=C)(O2)C31. The van der Waals surface area contributed by atoms with Crippen molar-refractivity contribution in [1.82, 2.24) is 4.90 Å². The molecule has 0 saturated heterocycles. The highest BCUT2D eigenvalue weighted by Gasteiger charge is 2.65. The van der Waals surface area contributed by atoms with Crippen molar-refractivity contribution in [3.05, 3.63) is 60.7 Å². The summed E-state index contributed by atoms with van der Waals surface area (Å²) in [4.78, 5) is 22.1. The molecule has 3 aliphatic rings. The number of ether oxygens (including phenoxy) is 4. The standard InChI is InChI=1S/C47H74N2O9/c1-5-8-9-10-11-12-13-14-15-22-44(53)49(25-31-55-32-28-52)43-35-41(48-54-4)39-33-36(20-16-18-26-50)38(21-17-19-27-51)45-40-34-37(56-29-6-2)23-24-42(40)58-47(43,46(39)45)57-30-7-3/h6-7,23-24,33-34,36,38,43,45-46,50-52H,2-3,5,8-22,25-32,35H2,1,4H3. The lowest BCUT2D eigenvalue weighted by atomic mass is 9.55. The number of hydrogen-bond acceptors (Lipinski definition) is 10. The number of allylic oxidation sites excluding steroid dienone is 1. The third-order valence-corrected chi connectivity index (χ3v) is 12.1. The molecule has 1 fully saturated rings. The van der Waals surface area contributed by atoms with E-state index in [4.69, 9.17) is 23.8 Å². The summed E-state index contributed by atoms with van der Waals surface area (Å²) in [5, 5.41) is 33.9. The third kappa shape index (κ3) is 12.6. The maximum Gasteiger partial charge on any atom is 0.239 e. The van der Waals surface area contributed by atoms with Gasteiger partial charge in [0, 0.05) is 44.1 Å². The quantitative estimate of drug-likeness (QED) is 0.0384. The molecule has 0 bridgehead atoms. The van der Waals surface area contributed by atoms with Gasteiger partial charge in [-0.3, -0.25) is 4.79 Å². The van der Waals surface area contributed by atoms with E-state index in [2.05, 4.69) is 37.4 Å². The average Bonchev–Trinajstić information content (AvgIpc) is 3.23. The molecular weight excluding hydrogens is 737 g/mol. The van der Waals surface area contributed by atoms with Gasteiger partial charge in [0.15, 0.2) is 0 Å². The number of rotatable bonds is 31. The van der Waals surface area contributed by atoms with E-state index in [-0.39, 0.29) is 69.8 Å². The highest BCUT2D eigenvalue weighted by Crippen LogP contribution is 2.62. The van der Waals surface area contributed by atoms with E-state index in [1.54, 1.807) is 19.3 Å². The predicted octanol–water partition coefficient (Wildman–Crippen LogP) is 8.27. The van der Waals surface area contributed by atoms with Crippen LogP contribution in [0.3, 0.4) is 0 Å². The van der Waals surface area contributed by atoms with Crippen LogP contribution in [0.15, 0.2) is 60.3 Å². The molecule has 1 aromatic carbocycles. The molecule has 1 aromatic rings. The summed E-state index contributed by atoms with van der Waals surface area (Å²) in [6.45, 7) is 11.5. The largest absolute Gasteiger partial charge is 0.490 e. The van der Waals surface area contributed by atoms with E-state index in [1.165, 1.54) is 38.5 Å². The molecule has 1 heterocycles. The van der Waals surface area contributed by atoms with Crippen molar-refractivity contribution < 1.29 is 43.9 Å². The van der Waals surface area contributed by atoms with Crippen molar-refractivity contribution >= 4 is 11.6 Å². The number of benzene rings is 1. The first kappa shape index (κ1) is 47.5. The molecular formula is C47H74N2O9. The lowest BCUT2D eigenvalue weighted by Gasteiger charge is -2.60. The number of nitrogens with zero attached hydrogens (tertiary/aromatic N) is 2. The normalized spacial score (nSPS) is 24.0. The number of aliphatic hydroxyl groups is 3. The number of hydrogen-bond donors (Lipinski definition) is 3. The van der Waals surface area contributed by atoms with Gasteiger partial charge in [-0.1, -0.05) is 101 Å². The van der Waals surface area contributed by atoms with Crippen LogP contribution in [0.5, 0.6) is 11.5 Å². The van der Waals surface area contributed by atoms with E-state index in [0.29, 0.717) is 43.8 Å². The number of aliphatic hydroxyl groups excluding tert-OH is 3. The van der Waals surface area contributed by atoms with Gasteiger partial charge in [0.05, 0.1) is 38.1 Å². The van der Waals surface area contributed by atoms with Crippen molar-refractivity contribution in [2.75, 3.05) is 59.9 Å². The Balaban J connectivity index is 1.85. The average molecular weight is 811 g/mol. The van der Waals surface area contributed by atoms with Gasteiger partial charge in [-0.2, -0.15) is 0 Å². The lowest BCUT2D eigenvalue weighted by Crippen LogP contribution is -2.70. The molecule has 58 heavy (non-hydrogen) atoms. The van der Waals surface area contributed by atoms with E-state index >= 15 is 0 Å². The molecule has 2 aliphatic carbocycles. The van der Waals surface area contributed by atoms with Crippen LogP contribution in [0.2, 0.25) is 0 Å². The fourth-order valence-electron chi connectivity index (χ4n) is 9.52. The molecule has 0 radical (unpaired) electrons. The number of carbonyl (C=O) groups excluding carboxylic acids is 1. The van der Waals surface area contributed by atoms with Gasteiger partial charge in [-0.25, -0.2) is 0 Å². The van der Waals surface area contributed by atoms with E-state index in [1.807, 2.05) is 17.0 Å². The lowest BCUT2D eigenvalue weighted by molar-refractivity contribution is -0.258. The Morgan fingerprint density at radius 1 is 0.914 bits per heavy atom. The first-order valence-corrected chi connectivity index (χ1v) is 22.3. The van der Waals surface area contributed by atoms with Crippen LogP contribution in [0.1, 0.15) is 128 Å². The smallest absolute Gasteiger partial charge is 0.239 e. The molecule has 326 valence electrons. The maximum absolute atomic E-state index is 14.7. The molecule has 1 amide bonds. The van der Waals surface area contributed by atoms with Crippen LogP contribution in [-0.2, 0) is 19.1 Å². The van der Waals surface area contributed by atoms with Crippen LogP contribution in [0.25, 0.3) is 0 Å². The fourth-order valence-corrected chi connectivity index (χ4v) is 9.52. The highest BCUT2D eigenvalue weighted by atomic mass is 16.7. The van der Waals surface area contributed by atoms with E-state index in [0.717, 1.165) is 61.8 Å². The summed E-state index contributed by atoms with van der Waals surface area (Å²) < 4.78 is 26.3. The van der Waals surface area contributed by atoms with Crippen LogP contribution in [0.4, 0.5) is 0 Å². The summed E-state index contributed by atoms with van der Waals surface area (Å²) >= 11 is 0. The third-order valence-electron chi connectivity index (χ3n) is 12.1. The van der Waals surface area contributed by atoms with E-state index in [9.17, 15) is 20.1 Å². The molecule has 4 rings (SSSR count). The molecule has 0 aromatic heterocycles. The second-order valence-corrected chi connectivity index (χ2v) is 16.1. The Morgan fingerprint density at radius 3 is 2.29 bits per heavy atom. The second-order valence-electron chi connectivity index (χ2n) is 16.1. The molecule has 11 nitrogen and oxygen atoms in total. The van der Waals surface area contributed by atoms with Gasteiger partial charge < -0.3 is 44.0 Å². The molecule has 3 N–H and O–H groups in total. The molecule has 0 spiro atoms. The number of carbonyl (C=O) groups is 1. The monoisotopic (exact) mass is 811 g/mol. The zero-order chi connectivity index (χ0) is 41.6. The van der Waals surface area contributed by atoms with Gasteiger partial charge >= 0.3 is 0 Å². The van der Waals surface area contributed by atoms with Gasteiger partial charge in [0.2, 0.25) is 11.7 Å². The number of fused-ring (bicyclic) bond motifs is 2. The summed E-state index contributed by atoms with van der Waals surface area (Å²) in [6.07, 6.45) is 21.7. The van der Waals surface area contributed by atoms with Crippen molar-refractivity contribution in [3.63, 3.8) is 0 Å². The zero-order valence-electron chi connectivity index (χ0n) is 35.6. The van der Waals surface area contributed by atoms with Crippen LogP contribution in [0, 0.1) is 17.8 Å². The summed E-state index contributed by atoms with van der Waals surface area (Å²) in [5.74, 6) is -0.214. The summed E-state index contributed by atoms with van der Waals surface area (Å²) in [5.41, 5.74) is 2.75. The Kier molecular flexibility index (Phi) is 21.3. The molecule has 1 aliphatic heterocycles. The Labute approximate surface area is 348 Å². The van der Waals surface area contributed by atoms with Crippen molar-refractivity contribution in [3.8, 4) is 11.5 Å². The Morgan fingerprint density at radius 2 is 1.62 bits per heavy atom. The Bertz CT molecular complexity index is 1450. The van der Waals surface area contributed by atoms with E-state index < -0.39 is 17.7 Å². The number of amides is 1. The molecule has 11 heteroatoms. The minimum atomic E-state index is -1.33. The maximum atomic E-state index is 14.7. The highest BCUT2D eigenvalue weighted by molar-refractivity contribution is 6.03. The topological polar surface area (TPSA) is 140 Å². The van der Waals surface area contributed by atoms with Crippen molar-refractivity contribution in [2.45, 2.75) is 134 Å². The van der Waals surface area contributed by atoms with Gasteiger partial charge in [0.1, 0.15) is 31.3 Å².